The van der Waals surface area contributed by atoms with Crippen molar-refractivity contribution in [1.29, 1.82) is 0 Å². The van der Waals surface area contributed by atoms with E-state index in [0.717, 1.165) is 43.1 Å². The summed E-state index contributed by atoms with van der Waals surface area (Å²) in [5, 5.41) is 0. The Hall–Kier alpha value is -1.35. The minimum atomic E-state index is -0.0556. The number of fused-ring (bicyclic) bond motifs is 1. The van der Waals surface area contributed by atoms with Gasteiger partial charge in [-0.2, -0.15) is 0 Å². The Kier molecular flexibility index (Phi) is 4.03. The molecule has 0 saturated heterocycles. The molecule has 0 atom stereocenters. The van der Waals surface area contributed by atoms with E-state index < -0.39 is 0 Å². The molecule has 1 heterocycles. The van der Waals surface area contributed by atoms with E-state index in [1.165, 1.54) is 24.8 Å². The van der Waals surface area contributed by atoms with Gasteiger partial charge in [-0.1, -0.05) is 25.5 Å². The lowest BCUT2D eigenvalue weighted by atomic mass is 9.74. The van der Waals surface area contributed by atoms with Gasteiger partial charge < -0.3 is 10.3 Å². The van der Waals surface area contributed by atoms with E-state index in [4.69, 9.17) is 10.7 Å². The maximum absolute atomic E-state index is 6.70. The third kappa shape index (κ3) is 2.84. The molecule has 3 heteroatoms. The van der Waals surface area contributed by atoms with Crippen molar-refractivity contribution >= 4 is 11.0 Å². The molecule has 3 nitrogen and oxygen atoms in total. The fourth-order valence-corrected chi connectivity index (χ4v) is 3.77. The van der Waals surface area contributed by atoms with Crippen LogP contribution in [0.25, 0.3) is 11.0 Å². The summed E-state index contributed by atoms with van der Waals surface area (Å²) in [4.78, 5) is 4.84. The Morgan fingerprint density at radius 2 is 1.95 bits per heavy atom. The monoisotopic (exact) mass is 285 g/mol. The zero-order chi connectivity index (χ0) is 14.9. The number of para-hydroxylation sites is 2. The van der Waals surface area contributed by atoms with E-state index in [-0.39, 0.29) is 5.54 Å². The molecule has 0 aliphatic heterocycles. The average molecular weight is 285 g/mol. The second-order valence-electron chi connectivity index (χ2n) is 6.65. The molecule has 114 valence electrons. The van der Waals surface area contributed by atoms with E-state index in [2.05, 4.69) is 42.7 Å². The van der Waals surface area contributed by atoms with Crippen LogP contribution in [0.4, 0.5) is 0 Å². The number of aryl methyl sites for hydroxylation is 1. The molecule has 1 saturated carbocycles. The highest BCUT2D eigenvalue weighted by molar-refractivity contribution is 5.75. The number of imidazole rings is 1. The van der Waals surface area contributed by atoms with Crippen LogP contribution in [0.15, 0.2) is 24.3 Å². The van der Waals surface area contributed by atoms with Crippen LogP contribution in [0.3, 0.4) is 0 Å². The van der Waals surface area contributed by atoms with Gasteiger partial charge in [0.2, 0.25) is 0 Å². The Labute approximate surface area is 127 Å². The van der Waals surface area contributed by atoms with E-state index in [9.17, 15) is 0 Å². The summed E-state index contributed by atoms with van der Waals surface area (Å²) in [5.74, 6) is 2.04. The topological polar surface area (TPSA) is 43.8 Å². The number of nitrogens with two attached hydrogens (primary N) is 1. The number of hydrogen-bond acceptors (Lipinski definition) is 2. The molecule has 0 bridgehead atoms. The normalized spacial score (nSPS) is 26.3. The first-order valence-electron chi connectivity index (χ1n) is 8.38. The molecule has 1 fully saturated rings. The van der Waals surface area contributed by atoms with Gasteiger partial charge in [-0.05, 0) is 50.7 Å². The van der Waals surface area contributed by atoms with Crippen LogP contribution in [-0.4, -0.2) is 15.1 Å². The number of benzene rings is 1. The molecule has 1 aromatic carbocycles. The summed E-state index contributed by atoms with van der Waals surface area (Å²) >= 11 is 0. The molecule has 0 amide bonds. The van der Waals surface area contributed by atoms with Gasteiger partial charge in [0.1, 0.15) is 5.82 Å². The highest BCUT2D eigenvalue weighted by Gasteiger charge is 2.32. The van der Waals surface area contributed by atoms with Crippen LogP contribution in [0, 0.1) is 5.92 Å². The predicted octanol–water partition coefficient (Wildman–Crippen LogP) is 3.90. The van der Waals surface area contributed by atoms with E-state index >= 15 is 0 Å². The zero-order valence-corrected chi connectivity index (χ0v) is 13.3. The fourth-order valence-electron chi connectivity index (χ4n) is 3.77. The molecular formula is C18H27N3. The second kappa shape index (κ2) is 5.80. The van der Waals surface area contributed by atoms with Crippen molar-refractivity contribution in [3.05, 3.63) is 30.1 Å². The first kappa shape index (κ1) is 14.6. The number of hydrogen-bond donors (Lipinski definition) is 1. The summed E-state index contributed by atoms with van der Waals surface area (Å²) in [5.41, 5.74) is 8.98. The third-order valence-corrected chi connectivity index (χ3v) is 5.24. The molecule has 0 spiro atoms. The van der Waals surface area contributed by atoms with Gasteiger partial charge >= 0.3 is 0 Å². The molecule has 1 aliphatic rings. The lowest BCUT2D eigenvalue weighted by Gasteiger charge is -2.36. The van der Waals surface area contributed by atoms with Gasteiger partial charge in [-0.3, -0.25) is 0 Å². The summed E-state index contributed by atoms with van der Waals surface area (Å²) in [7, 11) is 0. The number of nitrogens with zero attached hydrogens (tertiary/aromatic N) is 2. The molecule has 3 rings (SSSR count). The van der Waals surface area contributed by atoms with Crippen LogP contribution in [0.1, 0.15) is 51.8 Å². The largest absolute Gasteiger partial charge is 0.328 e. The summed E-state index contributed by atoms with van der Waals surface area (Å²) in [6, 6.07) is 8.41. The van der Waals surface area contributed by atoms with Crippen molar-refractivity contribution < 1.29 is 0 Å². The summed E-state index contributed by atoms with van der Waals surface area (Å²) < 4.78 is 2.33. The van der Waals surface area contributed by atoms with Crippen molar-refractivity contribution in [2.75, 3.05) is 0 Å². The molecule has 0 radical (unpaired) electrons. The van der Waals surface area contributed by atoms with Gasteiger partial charge in [-0.25, -0.2) is 4.98 Å². The van der Waals surface area contributed by atoms with Gasteiger partial charge in [0.15, 0.2) is 0 Å². The lowest BCUT2D eigenvalue weighted by Crippen LogP contribution is -2.45. The minimum Gasteiger partial charge on any atom is -0.328 e. The minimum absolute atomic E-state index is 0.0556. The van der Waals surface area contributed by atoms with Gasteiger partial charge in [0.25, 0.3) is 0 Å². The molecular weight excluding hydrogens is 258 g/mol. The highest BCUT2D eigenvalue weighted by atomic mass is 15.1. The Balaban J connectivity index is 1.84. The standard InChI is InChI=1S/C18H27N3/c1-3-14-9-11-18(19,12-10-14)13-17-20-15-7-5-6-8-16(15)21(17)4-2/h5-8,14H,3-4,9-13,19H2,1-2H3. The van der Waals surface area contributed by atoms with Crippen LogP contribution < -0.4 is 5.73 Å². The van der Waals surface area contributed by atoms with E-state index in [1.54, 1.807) is 0 Å². The molecule has 0 unspecified atom stereocenters. The highest BCUT2D eigenvalue weighted by Crippen LogP contribution is 2.34. The fraction of sp³-hybridized carbons (Fsp3) is 0.611. The Morgan fingerprint density at radius 3 is 2.62 bits per heavy atom. The summed E-state index contributed by atoms with van der Waals surface area (Å²) in [6.07, 6.45) is 7.03. The van der Waals surface area contributed by atoms with E-state index in [0.29, 0.717) is 0 Å². The van der Waals surface area contributed by atoms with Gasteiger partial charge in [-0.15, -0.1) is 0 Å². The van der Waals surface area contributed by atoms with E-state index in [1.807, 2.05) is 0 Å². The molecule has 2 aromatic rings. The SMILES string of the molecule is CCC1CCC(N)(Cc2nc3ccccc3n2CC)CC1. The molecule has 1 aliphatic carbocycles. The third-order valence-electron chi connectivity index (χ3n) is 5.24. The van der Waals surface area contributed by atoms with Crippen molar-refractivity contribution in [2.24, 2.45) is 11.7 Å². The zero-order valence-electron chi connectivity index (χ0n) is 13.3. The Morgan fingerprint density at radius 1 is 1.24 bits per heavy atom. The molecule has 21 heavy (non-hydrogen) atoms. The van der Waals surface area contributed by atoms with Gasteiger partial charge in [0.05, 0.1) is 11.0 Å². The second-order valence-corrected chi connectivity index (χ2v) is 6.65. The van der Waals surface area contributed by atoms with Crippen molar-refractivity contribution in [3.63, 3.8) is 0 Å². The molecule has 1 aromatic heterocycles. The van der Waals surface area contributed by atoms with Crippen LogP contribution in [0.5, 0.6) is 0 Å². The van der Waals surface area contributed by atoms with Crippen molar-refractivity contribution in [2.45, 2.75) is 64.5 Å². The first-order chi connectivity index (χ1) is 10.1. The quantitative estimate of drug-likeness (QED) is 0.926. The Bertz CT molecular complexity index is 606. The van der Waals surface area contributed by atoms with Crippen molar-refractivity contribution in [1.82, 2.24) is 9.55 Å². The smallest absolute Gasteiger partial charge is 0.111 e. The van der Waals surface area contributed by atoms with Gasteiger partial charge in [0, 0.05) is 18.5 Å². The number of aromatic nitrogens is 2. The average Bonchev–Trinajstić information content (AvgIpc) is 2.84. The van der Waals surface area contributed by atoms with Crippen molar-refractivity contribution in [3.8, 4) is 0 Å². The summed E-state index contributed by atoms with van der Waals surface area (Å²) in [6.45, 7) is 5.45. The van der Waals surface area contributed by atoms with Crippen LogP contribution in [-0.2, 0) is 13.0 Å². The maximum atomic E-state index is 6.70. The first-order valence-corrected chi connectivity index (χ1v) is 8.38. The number of rotatable bonds is 4. The predicted molar refractivity (Wildman–Crippen MR) is 88.3 cm³/mol. The lowest BCUT2D eigenvalue weighted by molar-refractivity contribution is 0.224. The van der Waals surface area contributed by atoms with Crippen LogP contribution >= 0.6 is 0 Å². The van der Waals surface area contributed by atoms with Crippen LogP contribution in [0.2, 0.25) is 0 Å². The molecule has 2 N–H and O–H groups in total. The maximum Gasteiger partial charge on any atom is 0.111 e.